The lowest BCUT2D eigenvalue weighted by Gasteiger charge is -2.13. The quantitative estimate of drug-likeness (QED) is 0.159. The molecule has 1 aliphatic rings. The second kappa shape index (κ2) is 15.0. The van der Waals surface area contributed by atoms with Crippen molar-refractivity contribution in [2.75, 3.05) is 0 Å². The zero-order valence-corrected chi connectivity index (χ0v) is 34.2. The fourth-order valence-corrected chi connectivity index (χ4v) is 10.0. The van der Waals surface area contributed by atoms with Crippen molar-refractivity contribution in [2.45, 2.75) is 12.8 Å². The molecular weight excluding hydrogens is 779 g/mol. The summed E-state index contributed by atoms with van der Waals surface area (Å²) in [5, 5.41) is 3.41. The Morgan fingerprint density at radius 2 is 0.935 bits per heavy atom. The van der Waals surface area contributed by atoms with Crippen LogP contribution in [0.1, 0.15) is 17.7 Å². The topological polar surface area (TPSA) is 82.3 Å². The van der Waals surface area contributed by atoms with E-state index in [-0.39, 0.29) is 0 Å². The number of hydrogen-bond donors (Lipinski definition) is 0. The number of aromatic nitrogens is 7. The average Bonchev–Trinajstić information content (AvgIpc) is 3.91. The molecule has 7 aromatic carbocycles. The van der Waals surface area contributed by atoms with Crippen LogP contribution < -0.4 is 0 Å². The molecule has 0 fully saturated rings. The Morgan fingerprint density at radius 1 is 0.419 bits per heavy atom. The van der Waals surface area contributed by atoms with E-state index in [9.17, 15) is 0 Å². The van der Waals surface area contributed by atoms with Crippen molar-refractivity contribution in [3.05, 3.63) is 193 Å². The maximum Gasteiger partial charge on any atom is 0.238 e. The molecule has 0 atom stereocenters. The number of allylic oxidation sites excluding steroid dienone is 1. The lowest BCUT2D eigenvalue weighted by Crippen LogP contribution is -2.08. The number of hydrogen-bond acceptors (Lipinski definition) is 7. The number of benzene rings is 7. The number of thiophene rings is 1. The van der Waals surface area contributed by atoms with Crippen LogP contribution in [0.2, 0.25) is 0 Å². The maximum absolute atomic E-state index is 5.40. The molecule has 0 saturated carbocycles. The van der Waals surface area contributed by atoms with E-state index in [1.54, 1.807) is 11.3 Å². The summed E-state index contributed by atoms with van der Waals surface area (Å²) >= 11 is 1.73. The van der Waals surface area contributed by atoms with E-state index < -0.39 is 0 Å². The van der Waals surface area contributed by atoms with Gasteiger partial charge in [0, 0.05) is 53.4 Å². The molecule has 0 amide bonds. The molecule has 1 aliphatic carbocycles. The van der Waals surface area contributed by atoms with E-state index in [0.717, 1.165) is 72.0 Å². The average molecular weight is 814 g/mol. The van der Waals surface area contributed by atoms with Gasteiger partial charge in [-0.1, -0.05) is 164 Å². The van der Waals surface area contributed by atoms with Gasteiger partial charge in [0.1, 0.15) is 0 Å². The van der Waals surface area contributed by atoms with Crippen LogP contribution in [0.5, 0.6) is 0 Å². The van der Waals surface area contributed by atoms with Gasteiger partial charge in [-0.3, -0.25) is 4.57 Å². The fraction of sp³-hybridized carbons (Fsp3) is 0.0370. The van der Waals surface area contributed by atoms with Crippen LogP contribution in [0.3, 0.4) is 0 Å². The van der Waals surface area contributed by atoms with Gasteiger partial charge in [0.15, 0.2) is 29.1 Å². The van der Waals surface area contributed by atoms with Crippen LogP contribution >= 0.6 is 11.3 Å². The monoisotopic (exact) mass is 813 g/mol. The highest BCUT2D eigenvalue weighted by Gasteiger charge is 2.25. The van der Waals surface area contributed by atoms with Gasteiger partial charge >= 0.3 is 0 Å². The molecule has 62 heavy (non-hydrogen) atoms. The Bertz CT molecular complexity index is 3450. The van der Waals surface area contributed by atoms with Gasteiger partial charge in [0.25, 0.3) is 0 Å². The standard InChI is InChI=1S/C54H35N7S/c1-5-18-34(19-6-1)38-27-16-32-44-46(38)39-26-13-14-31-43(39)61(44)54-59-51(37-24-11-4-12-25-37)58-53(60-54)42-30-15-28-40-47-41(29-17-33-45(47)62-48(40)42)52-56-49(35-20-7-2-8-21-35)55-50(57-52)36-22-9-3-10-23-36/h1-12,14-25,27-33H,13,26H2. The van der Waals surface area contributed by atoms with Crippen LogP contribution in [0.4, 0.5) is 0 Å². The van der Waals surface area contributed by atoms with Gasteiger partial charge in [-0.15, -0.1) is 11.3 Å². The number of nitrogens with zero attached hydrogens (tertiary/aromatic N) is 7. The number of rotatable bonds is 7. The molecular formula is C54H35N7S. The third-order valence-electron chi connectivity index (χ3n) is 11.6. The largest absolute Gasteiger partial charge is 0.278 e. The minimum Gasteiger partial charge on any atom is -0.278 e. The van der Waals surface area contributed by atoms with Crippen molar-refractivity contribution in [2.24, 2.45) is 0 Å². The van der Waals surface area contributed by atoms with Crippen LogP contribution in [0, 0.1) is 0 Å². The number of fused-ring (bicyclic) bond motifs is 6. The number of aryl methyl sites for hydroxylation is 1. The third kappa shape index (κ3) is 6.11. The SMILES string of the molecule is C1=Cc2c(c3c(-c4ccccc4)cccc3n2-c2nc(-c3ccccc3)nc(-c3cccc4c3sc3cccc(-c5nc(-c6ccccc6)nc(-c6ccccc6)n5)c34)n2)CC1. The minimum absolute atomic E-state index is 0.586. The van der Waals surface area contributed by atoms with E-state index >= 15 is 0 Å². The molecule has 0 aliphatic heterocycles. The van der Waals surface area contributed by atoms with Gasteiger partial charge in [-0.2, -0.15) is 9.97 Å². The first-order valence-corrected chi connectivity index (χ1v) is 21.6. The van der Waals surface area contributed by atoms with Gasteiger partial charge in [-0.05, 0) is 53.8 Å². The summed E-state index contributed by atoms with van der Waals surface area (Å²) in [6, 6.07) is 60.4. The zero-order valence-electron chi connectivity index (χ0n) is 33.4. The summed E-state index contributed by atoms with van der Waals surface area (Å²) in [6.07, 6.45) is 6.41. The van der Waals surface area contributed by atoms with Crippen molar-refractivity contribution in [3.8, 4) is 74.0 Å². The first kappa shape index (κ1) is 36.0. The molecule has 4 aromatic heterocycles. The molecule has 0 saturated heterocycles. The van der Waals surface area contributed by atoms with E-state index in [1.807, 2.05) is 78.9 Å². The second-order valence-corrected chi connectivity index (χ2v) is 16.4. The highest BCUT2D eigenvalue weighted by Crippen LogP contribution is 2.44. The molecule has 0 N–H and O–H groups in total. The van der Waals surface area contributed by atoms with E-state index in [4.69, 9.17) is 29.9 Å². The van der Waals surface area contributed by atoms with E-state index in [2.05, 4.69) is 114 Å². The summed E-state index contributed by atoms with van der Waals surface area (Å²) < 4.78 is 4.44. The Balaban J connectivity index is 1.08. The lowest BCUT2D eigenvalue weighted by molar-refractivity contribution is 0.903. The first-order chi connectivity index (χ1) is 30.7. The predicted molar refractivity (Wildman–Crippen MR) is 253 cm³/mol. The summed E-state index contributed by atoms with van der Waals surface area (Å²) in [5.74, 6) is 3.69. The molecule has 11 aromatic rings. The van der Waals surface area contributed by atoms with Gasteiger partial charge in [0.05, 0.1) is 11.2 Å². The van der Waals surface area contributed by atoms with Crippen LogP contribution in [-0.4, -0.2) is 34.5 Å². The molecule has 0 radical (unpaired) electrons. The van der Waals surface area contributed by atoms with Crippen molar-refractivity contribution in [1.29, 1.82) is 0 Å². The Labute approximate surface area is 361 Å². The third-order valence-corrected chi connectivity index (χ3v) is 12.8. The van der Waals surface area contributed by atoms with Gasteiger partial charge in [0.2, 0.25) is 5.95 Å². The molecule has 12 rings (SSSR count). The fourth-order valence-electron chi connectivity index (χ4n) is 8.80. The Hall–Kier alpha value is -7.94. The molecule has 7 nitrogen and oxygen atoms in total. The Kier molecular flexibility index (Phi) is 8.67. The minimum atomic E-state index is 0.586. The summed E-state index contributed by atoms with van der Waals surface area (Å²) in [6.45, 7) is 0. The lowest BCUT2D eigenvalue weighted by atomic mass is 9.94. The maximum atomic E-state index is 5.40. The summed E-state index contributed by atoms with van der Waals surface area (Å²) in [5.41, 5.74) is 10.6. The van der Waals surface area contributed by atoms with Crippen LogP contribution in [0.25, 0.3) is 111 Å². The van der Waals surface area contributed by atoms with Gasteiger partial charge in [-0.25, -0.2) is 19.9 Å². The highest BCUT2D eigenvalue weighted by atomic mass is 32.1. The van der Waals surface area contributed by atoms with E-state index in [0.29, 0.717) is 35.1 Å². The summed E-state index contributed by atoms with van der Waals surface area (Å²) in [7, 11) is 0. The highest BCUT2D eigenvalue weighted by molar-refractivity contribution is 7.26. The molecule has 0 spiro atoms. The molecule has 292 valence electrons. The molecule has 4 heterocycles. The first-order valence-electron chi connectivity index (χ1n) is 20.8. The van der Waals surface area contributed by atoms with Crippen LogP contribution in [0.15, 0.2) is 182 Å². The normalized spacial score (nSPS) is 12.3. The second-order valence-electron chi connectivity index (χ2n) is 15.4. The van der Waals surface area contributed by atoms with Gasteiger partial charge < -0.3 is 0 Å². The van der Waals surface area contributed by atoms with Crippen LogP contribution in [-0.2, 0) is 6.42 Å². The zero-order chi connectivity index (χ0) is 41.0. The van der Waals surface area contributed by atoms with Crippen molar-refractivity contribution in [3.63, 3.8) is 0 Å². The molecule has 0 bridgehead atoms. The Morgan fingerprint density at radius 3 is 1.60 bits per heavy atom. The van der Waals surface area contributed by atoms with Crippen molar-refractivity contribution < 1.29 is 0 Å². The summed E-state index contributed by atoms with van der Waals surface area (Å²) in [4.78, 5) is 31.1. The smallest absolute Gasteiger partial charge is 0.238 e. The molecule has 8 heteroatoms. The predicted octanol–water partition coefficient (Wildman–Crippen LogP) is 13.3. The van der Waals surface area contributed by atoms with E-state index in [1.165, 1.54) is 22.1 Å². The van der Waals surface area contributed by atoms with Crippen molar-refractivity contribution >= 4 is 48.5 Å². The van der Waals surface area contributed by atoms with Crippen molar-refractivity contribution in [1.82, 2.24) is 34.5 Å². The molecule has 0 unspecified atom stereocenters.